The fraction of sp³-hybridized carbons (Fsp3) is 0.0500. The van der Waals surface area contributed by atoms with Crippen molar-refractivity contribution in [2.45, 2.75) is 5.03 Å². The number of Topliss-reactive ketones (excluding diaryl/α,β-unsaturated/α-hetero) is 1. The van der Waals surface area contributed by atoms with Crippen LogP contribution in [0.2, 0.25) is 0 Å². The second kappa shape index (κ2) is 8.22. The molecule has 0 atom stereocenters. The number of halogens is 2. The summed E-state index contributed by atoms with van der Waals surface area (Å²) < 4.78 is 2.00. The van der Waals surface area contributed by atoms with E-state index in [-0.39, 0.29) is 5.78 Å². The molecule has 4 rings (SSSR count). The lowest BCUT2D eigenvalue weighted by molar-refractivity contribution is 0.102. The number of hydrogen-bond acceptors (Lipinski definition) is 5. The third-order valence-corrected chi connectivity index (χ3v) is 6.93. The monoisotopic (exact) mass is 518 g/mol. The standard InChI is InChI=1S/C20H12Br2N2OS2/c21-14-5-1-12(2-6-14)16-9-26-19-18(16)20(24-11-23-19)27-10-17(25)13-3-7-15(22)8-4-13/h1-9,11H,10H2. The summed E-state index contributed by atoms with van der Waals surface area (Å²) in [5.41, 5.74) is 2.91. The molecule has 2 aromatic heterocycles. The Hall–Kier alpha value is -1.54. The van der Waals surface area contributed by atoms with Gasteiger partial charge in [-0.3, -0.25) is 4.79 Å². The van der Waals surface area contributed by atoms with Crippen LogP contribution in [0.3, 0.4) is 0 Å². The Morgan fingerprint density at radius 1 is 0.963 bits per heavy atom. The minimum absolute atomic E-state index is 0.0830. The highest BCUT2D eigenvalue weighted by Gasteiger charge is 2.15. The van der Waals surface area contributed by atoms with Gasteiger partial charge in [0, 0.05) is 25.5 Å². The molecule has 0 spiro atoms. The summed E-state index contributed by atoms with van der Waals surface area (Å²) in [7, 11) is 0. The maximum absolute atomic E-state index is 12.5. The molecule has 0 bridgehead atoms. The number of fused-ring (bicyclic) bond motifs is 1. The second-order valence-electron chi connectivity index (χ2n) is 5.73. The SMILES string of the molecule is O=C(CSc1ncnc2scc(-c3ccc(Br)cc3)c12)c1ccc(Br)cc1. The Labute approximate surface area is 181 Å². The lowest BCUT2D eigenvalue weighted by Gasteiger charge is -2.06. The van der Waals surface area contributed by atoms with Crippen LogP contribution in [0, 0.1) is 0 Å². The van der Waals surface area contributed by atoms with Gasteiger partial charge in [0.05, 0.1) is 11.1 Å². The largest absolute Gasteiger partial charge is 0.293 e. The number of aromatic nitrogens is 2. The Morgan fingerprint density at radius 3 is 2.33 bits per heavy atom. The van der Waals surface area contributed by atoms with Gasteiger partial charge >= 0.3 is 0 Å². The molecule has 27 heavy (non-hydrogen) atoms. The molecule has 0 saturated heterocycles. The fourth-order valence-electron chi connectivity index (χ4n) is 2.65. The summed E-state index contributed by atoms with van der Waals surface area (Å²) in [6.07, 6.45) is 1.57. The van der Waals surface area contributed by atoms with Crippen LogP contribution in [0.25, 0.3) is 21.3 Å². The van der Waals surface area contributed by atoms with Gasteiger partial charge < -0.3 is 0 Å². The van der Waals surface area contributed by atoms with Crippen LogP contribution in [0.1, 0.15) is 10.4 Å². The zero-order chi connectivity index (χ0) is 18.8. The molecule has 0 aliphatic heterocycles. The zero-order valence-electron chi connectivity index (χ0n) is 13.9. The number of thiophene rings is 1. The van der Waals surface area contributed by atoms with Crippen molar-refractivity contribution < 1.29 is 4.79 Å². The number of carbonyl (C=O) groups excluding carboxylic acids is 1. The van der Waals surface area contributed by atoms with Gasteiger partial charge in [-0.15, -0.1) is 11.3 Å². The summed E-state index contributed by atoms with van der Waals surface area (Å²) >= 11 is 9.92. The molecular weight excluding hydrogens is 508 g/mol. The van der Waals surface area contributed by atoms with E-state index in [9.17, 15) is 4.79 Å². The third kappa shape index (κ3) is 4.16. The first-order valence-corrected chi connectivity index (χ1v) is 11.5. The lowest BCUT2D eigenvalue weighted by Crippen LogP contribution is -2.02. The molecule has 2 aromatic carbocycles. The van der Waals surface area contributed by atoms with Crippen LogP contribution in [0.4, 0.5) is 0 Å². The van der Waals surface area contributed by atoms with Crippen LogP contribution in [-0.2, 0) is 0 Å². The van der Waals surface area contributed by atoms with Gasteiger partial charge in [-0.25, -0.2) is 9.97 Å². The molecule has 0 saturated carbocycles. The average Bonchev–Trinajstić information content (AvgIpc) is 3.12. The molecule has 0 unspecified atom stereocenters. The van der Waals surface area contributed by atoms with Crippen molar-refractivity contribution in [1.82, 2.24) is 9.97 Å². The molecule has 2 heterocycles. The van der Waals surface area contributed by atoms with E-state index >= 15 is 0 Å². The summed E-state index contributed by atoms with van der Waals surface area (Å²) in [4.78, 5) is 22.3. The van der Waals surface area contributed by atoms with Crippen LogP contribution in [0.5, 0.6) is 0 Å². The maximum atomic E-state index is 12.5. The van der Waals surface area contributed by atoms with Gasteiger partial charge in [-0.2, -0.15) is 0 Å². The van der Waals surface area contributed by atoms with Crippen molar-refractivity contribution in [1.29, 1.82) is 0 Å². The number of thioether (sulfide) groups is 1. The van der Waals surface area contributed by atoms with Crippen LogP contribution < -0.4 is 0 Å². The van der Waals surface area contributed by atoms with E-state index < -0.39 is 0 Å². The van der Waals surface area contributed by atoms with E-state index in [4.69, 9.17) is 0 Å². The maximum Gasteiger partial charge on any atom is 0.173 e. The van der Waals surface area contributed by atoms with E-state index in [0.29, 0.717) is 11.3 Å². The summed E-state index contributed by atoms with van der Waals surface area (Å²) in [6.45, 7) is 0. The molecule has 0 aliphatic carbocycles. The predicted molar refractivity (Wildman–Crippen MR) is 120 cm³/mol. The molecule has 4 aromatic rings. The van der Waals surface area contributed by atoms with Crippen molar-refractivity contribution in [3.05, 3.63) is 74.7 Å². The molecule has 0 aliphatic rings. The topological polar surface area (TPSA) is 42.9 Å². The highest BCUT2D eigenvalue weighted by Crippen LogP contribution is 2.38. The highest BCUT2D eigenvalue weighted by atomic mass is 79.9. The van der Waals surface area contributed by atoms with E-state index in [1.165, 1.54) is 11.8 Å². The lowest BCUT2D eigenvalue weighted by atomic mass is 10.1. The average molecular weight is 520 g/mol. The second-order valence-corrected chi connectivity index (χ2v) is 9.39. The number of carbonyl (C=O) groups is 1. The Bertz CT molecular complexity index is 1110. The van der Waals surface area contributed by atoms with Gasteiger partial charge in [0.15, 0.2) is 5.78 Å². The smallest absolute Gasteiger partial charge is 0.173 e. The molecular formula is C20H12Br2N2OS2. The first kappa shape index (κ1) is 18.8. The number of hydrogen-bond donors (Lipinski definition) is 0. The van der Waals surface area contributed by atoms with Gasteiger partial charge in [0.2, 0.25) is 0 Å². The molecule has 0 radical (unpaired) electrons. The molecule has 3 nitrogen and oxygen atoms in total. The van der Waals surface area contributed by atoms with E-state index in [2.05, 4.69) is 59.3 Å². The van der Waals surface area contributed by atoms with Crippen molar-refractivity contribution in [3.8, 4) is 11.1 Å². The summed E-state index contributed by atoms with van der Waals surface area (Å²) in [5.74, 6) is 0.420. The Balaban J connectivity index is 1.64. The van der Waals surface area contributed by atoms with E-state index in [1.807, 2.05) is 36.4 Å². The van der Waals surface area contributed by atoms with Gasteiger partial charge in [-0.05, 0) is 29.8 Å². The molecule has 0 fully saturated rings. The normalized spacial score (nSPS) is 11.0. The Morgan fingerprint density at radius 2 is 1.63 bits per heavy atom. The van der Waals surface area contributed by atoms with Gasteiger partial charge in [-0.1, -0.05) is 67.9 Å². The molecule has 7 heteroatoms. The Kier molecular flexibility index (Phi) is 5.73. The van der Waals surface area contributed by atoms with E-state index in [1.54, 1.807) is 17.7 Å². The zero-order valence-corrected chi connectivity index (χ0v) is 18.7. The molecule has 0 N–H and O–H groups in total. The number of benzene rings is 2. The van der Waals surface area contributed by atoms with Crippen molar-refractivity contribution in [3.63, 3.8) is 0 Å². The van der Waals surface area contributed by atoms with Crippen molar-refractivity contribution in [2.24, 2.45) is 0 Å². The van der Waals surface area contributed by atoms with Crippen LogP contribution in [0.15, 0.2) is 74.2 Å². The predicted octanol–water partition coefficient (Wildman–Crippen LogP) is 6.86. The molecule has 0 amide bonds. The first-order chi connectivity index (χ1) is 13.1. The minimum Gasteiger partial charge on any atom is -0.293 e. The quantitative estimate of drug-likeness (QED) is 0.164. The number of nitrogens with zero attached hydrogens (tertiary/aromatic N) is 2. The van der Waals surface area contributed by atoms with Crippen molar-refractivity contribution in [2.75, 3.05) is 5.75 Å². The summed E-state index contributed by atoms with van der Waals surface area (Å²) in [6, 6.07) is 15.6. The highest BCUT2D eigenvalue weighted by molar-refractivity contribution is 9.10. The van der Waals surface area contributed by atoms with E-state index in [0.717, 1.165) is 35.3 Å². The van der Waals surface area contributed by atoms with Crippen molar-refractivity contribution >= 4 is 71.0 Å². The molecule has 134 valence electrons. The van der Waals surface area contributed by atoms with Crippen LogP contribution >= 0.6 is 55.0 Å². The van der Waals surface area contributed by atoms with Gasteiger partial charge in [0.1, 0.15) is 16.2 Å². The fourth-order valence-corrected chi connectivity index (χ4v) is 5.07. The summed E-state index contributed by atoms with van der Waals surface area (Å²) in [5, 5.41) is 3.95. The number of ketones is 1. The first-order valence-electron chi connectivity index (χ1n) is 8.01. The van der Waals surface area contributed by atoms with Gasteiger partial charge in [0.25, 0.3) is 0 Å². The minimum atomic E-state index is 0.0830. The third-order valence-electron chi connectivity index (χ3n) is 4.00. The van der Waals surface area contributed by atoms with Crippen LogP contribution in [-0.4, -0.2) is 21.5 Å². The number of rotatable bonds is 5.